The molecule has 388 valence electrons. The van der Waals surface area contributed by atoms with Crippen LogP contribution < -0.4 is 26.6 Å². The lowest BCUT2D eigenvalue weighted by Crippen LogP contribution is -2.60. The smallest absolute Gasteiger partial charge is 0.342 e. The maximum Gasteiger partial charge on any atom is 0.342 e. The second-order valence-electron chi connectivity index (χ2n) is 24.3. The van der Waals surface area contributed by atoms with Crippen molar-refractivity contribution in [3.63, 3.8) is 0 Å². The van der Waals surface area contributed by atoms with Crippen molar-refractivity contribution in [1.29, 1.82) is 0 Å². The molecule has 0 amide bonds. The summed E-state index contributed by atoms with van der Waals surface area (Å²) in [5, 5.41) is 4.25. The first-order valence-corrected chi connectivity index (χ1v) is 28.0. The summed E-state index contributed by atoms with van der Waals surface area (Å²) in [6.45, 7) is 17.9. The van der Waals surface area contributed by atoms with Gasteiger partial charge in [-0.1, -0.05) is 165 Å². The van der Waals surface area contributed by atoms with Gasteiger partial charge in [-0.25, -0.2) is 0 Å². The van der Waals surface area contributed by atoms with E-state index < -0.39 is 6.71 Å². The van der Waals surface area contributed by atoms with E-state index in [1.165, 1.54) is 16.7 Å². The molecule has 13 aromatic rings. The van der Waals surface area contributed by atoms with E-state index >= 15 is 0 Å². The Morgan fingerprint density at radius 1 is 0.375 bits per heavy atom. The third-order valence-corrected chi connectivity index (χ3v) is 16.7. The highest BCUT2D eigenvalue weighted by Crippen LogP contribution is 2.54. The number of rotatable bonds is 7. The Morgan fingerprint density at radius 2 is 0.800 bits per heavy atom. The van der Waals surface area contributed by atoms with Crippen LogP contribution in [0, 0.1) is 0 Å². The summed E-state index contributed by atoms with van der Waals surface area (Å²) in [5.41, 5.74) is 22.1. The average molecular weight is 1040 g/mol. The predicted octanol–water partition coefficient (Wildman–Crippen LogP) is 19.1. The SMILES string of the molecule is CC(C)c1cc2c3c(c1)N(c1ccc(-c4cc5ccccc5o4)cc1-c1ccccc1)c1c(oc4ccc(C(C)(C)C)cc14)B3c1oc3ccc(C(C)(C)C)cc3c1N2c1ccc(-c2cc3ccccc3o2)cc1-c1ccccc1. The summed E-state index contributed by atoms with van der Waals surface area (Å²) in [4.78, 5) is 5.04. The molecule has 7 heteroatoms. The molecule has 80 heavy (non-hydrogen) atoms. The molecular weight excluding hydrogens is 980 g/mol. The van der Waals surface area contributed by atoms with Crippen molar-refractivity contribution < 1.29 is 17.7 Å². The van der Waals surface area contributed by atoms with Gasteiger partial charge in [0.05, 0.1) is 22.7 Å². The van der Waals surface area contributed by atoms with E-state index in [1.54, 1.807) is 0 Å². The molecule has 2 aliphatic rings. The summed E-state index contributed by atoms with van der Waals surface area (Å²) in [7, 11) is 0. The number of benzene rings is 9. The van der Waals surface area contributed by atoms with Gasteiger partial charge in [0, 0.05) is 55.2 Å². The molecule has 2 aliphatic heterocycles. The van der Waals surface area contributed by atoms with E-state index in [0.29, 0.717) is 0 Å². The molecular formula is C73H59BN2O4. The molecule has 0 bridgehead atoms. The second-order valence-corrected chi connectivity index (χ2v) is 24.3. The predicted molar refractivity (Wildman–Crippen MR) is 333 cm³/mol. The zero-order valence-corrected chi connectivity index (χ0v) is 46.3. The zero-order chi connectivity index (χ0) is 54.3. The Balaban J connectivity index is 1.07. The molecule has 0 unspecified atom stereocenters. The van der Waals surface area contributed by atoms with Gasteiger partial charge < -0.3 is 27.5 Å². The first-order valence-electron chi connectivity index (χ1n) is 28.0. The van der Waals surface area contributed by atoms with Gasteiger partial charge >= 0.3 is 6.71 Å². The molecule has 0 saturated carbocycles. The highest BCUT2D eigenvalue weighted by molar-refractivity contribution is 6.99. The van der Waals surface area contributed by atoms with Crippen molar-refractivity contribution in [1.82, 2.24) is 0 Å². The number of para-hydroxylation sites is 2. The Bertz CT molecular complexity index is 4260. The molecule has 0 N–H and O–H groups in total. The molecule has 0 fully saturated rings. The average Bonchev–Trinajstić information content (AvgIpc) is 3.60. The van der Waals surface area contributed by atoms with Crippen LogP contribution in [0.3, 0.4) is 0 Å². The van der Waals surface area contributed by atoms with E-state index in [0.717, 1.165) is 140 Å². The Hall–Kier alpha value is -9.20. The van der Waals surface area contributed by atoms with E-state index in [9.17, 15) is 0 Å². The number of anilines is 6. The quantitative estimate of drug-likeness (QED) is 0.148. The fraction of sp³-hybridized carbons (Fsp3) is 0.151. The van der Waals surface area contributed by atoms with Crippen molar-refractivity contribution >= 4 is 101 Å². The minimum absolute atomic E-state index is 0.129. The normalized spacial score (nSPS) is 13.3. The lowest BCUT2D eigenvalue weighted by Gasteiger charge is -2.42. The van der Waals surface area contributed by atoms with Crippen molar-refractivity contribution in [3.8, 4) is 44.9 Å². The van der Waals surface area contributed by atoms with Gasteiger partial charge in [0.1, 0.15) is 45.2 Å². The molecule has 6 nitrogen and oxygen atoms in total. The highest BCUT2D eigenvalue weighted by atomic mass is 16.4. The fourth-order valence-electron chi connectivity index (χ4n) is 12.5. The molecule has 0 spiro atoms. The van der Waals surface area contributed by atoms with Gasteiger partial charge in [-0.05, 0) is 147 Å². The van der Waals surface area contributed by atoms with E-state index in [1.807, 2.05) is 24.3 Å². The second kappa shape index (κ2) is 17.7. The van der Waals surface area contributed by atoms with Crippen LogP contribution >= 0.6 is 0 Å². The number of hydrogen-bond donors (Lipinski definition) is 0. The van der Waals surface area contributed by atoms with Gasteiger partial charge in [-0.15, -0.1) is 0 Å². The van der Waals surface area contributed by atoms with Gasteiger partial charge in [0.15, 0.2) is 0 Å². The van der Waals surface area contributed by atoms with E-state index in [2.05, 4.69) is 247 Å². The summed E-state index contributed by atoms with van der Waals surface area (Å²) in [6, 6.07) is 74.4. The minimum Gasteiger partial charge on any atom is -0.468 e. The van der Waals surface area contributed by atoms with E-state index in [4.69, 9.17) is 17.7 Å². The Morgan fingerprint density at radius 3 is 1.21 bits per heavy atom. The largest absolute Gasteiger partial charge is 0.468 e. The van der Waals surface area contributed by atoms with Gasteiger partial charge in [-0.2, -0.15) is 0 Å². The van der Waals surface area contributed by atoms with Crippen LogP contribution in [0.15, 0.2) is 224 Å². The maximum atomic E-state index is 7.52. The molecule has 0 atom stereocenters. The van der Waals surface area contributed by atoms with Gasteiger partial charge in [0.25, 0.3) is 0 Å². The van der Waals surface area contributed by atoms with Crippen molar-refractivity contribution in [2.45, 2.75) is 72.1 Å². The highest BCUT2D eigenvalue weighted by Gasteiger charge is 2.51. The molecule has 0 saturated heterocycles. The van der Waals surface area contributed by atoms with E-state index in [-0.39, 0.29) is 16.7 Å². The lowest BCUT2D eigenvalue weighted by molar-refractivity contribution is 0.590. The van der Waals surface area contributed by atoms with Gasteiger partial charge in [0.2, 0.25) is 0 Å². The Kier molecular flexibility index (Phi) is 10.6. The molecule has 0 aliphatic carbocycles. The molecule has 9 aromatic carbocycles. The maximum absolute atomic E-state index is 7.52. The zero-order valence-electron chi connectivity index (χ0n) is 46.3. The van der Waals surface area contributed by atoms with Crippen LogP contribution in [0.25, 0.3) is 88.8 Å². The summed E-state index contributed by atoms with van der Waals surface area (Å²) in [5.74, 6) is 1.80. The molecule has 6 heterocycles. The Labute approximate surface area is 466 Å². The molecule has 15 rings (SSSR count). The van der Waals surface area contributed by atoms with Crippen LogP contribution in [0.4, 0.5) is 34.1 Å². The lowest BCUT2D eigenvalue weighted by atomic mass is 9.37. The third-order valence-electron chi connectivity index (χ3n) is 16.7. The molecule has 0 radical (unpaired) electrons. The minimum atomic E-state index is -0.417. The van der Waals surface area contributed by atoms with Crippen LogP contribution in [0.2, 0.25) is 0 Å². The monoisotopic (exact) mass is 1040 g/mol. The number of hydrogen-bond acceptors (Lipinski definition) is 6. The fourth-order valence-corrected chi connectivity index (χ4v) is 12.5. The topological polar surface area (TPSA) is 59.0 Å². The van der Waals surface area contributed by atoms with Crippen molar-refractivity contribution in [3.05, 3.63) is 223 Å². The number of fused-ring (bicyclic) bond motifs is 10. The first-order chi connectivity index (χ1) is 38.7. The van der Waals surface area contributed by atoms with Crippen molar-refractivity contribution in [2.24, 2.45) is 0 Å². The third kappa shape index (κ3) is 7.54. The summed E-state index contributed by atoms with van der Waals surface area (Å²) in [6.07, 6.45) is 0. The summed E-state index contributed by atoms with van der Waals surface area (Å²) >= 11 is 0. The number of furan rings is 4. The van der Waals surface area contributed by atoms with Crippen LogP contribution in [-0.2, 0) is 10.8 Å². The molecule has 4 aromatic heterocycles. The first kappa shape index (κ1) is 48.0. The standard InChI is InChI=1S/C73H59BN2O4/c1-43(2)50-37-59-67-60(38-50)76(58-32-28-49(36-54(58)45-21-13-10-14-22-45)66-40-47-24-16-18-26-62(47)78-66)69-56-42-52(73(6,7)8)30-34-64(56)80-71(69)74(67)70-68(55-41-51(72(3,4)5)29-33-63(55)79-70)75(59)57-31-27-48(35-53(57)44-19-11-9-12-20-44)65-39-46-23-15-17-25-61(46)77-65/h9-43H,1-8H3. The van der Waals surface area contributed by atoms with Crippen molar-refractivity contribution in [2.75, 3.05) is 9.80 Å². The number of nitrogens with zero attached hydrogens (tertiary/aromatic N) is 2. The van der Waals surface area contributed by atoms with Crippen LogP contribution in [0.1, 0.15) is 78.0 Å². The van der Waals surface area contributed by atoms with Crippen LogP contribution in [0.5, 0.6) is 0 Å². The van der Waals surface area contributed by atoms with Crippen LogP contribution in [-0.4, -0.2) is 6.71 Å². The van der Waals surface area contributed by atoms with Gasteiger partial charge in [-0.3, -0.25) is 0 Å². The summed E-state index contributed by atoms with van der Waals surface area (Å²) < 4.78 is 28.2.